The average Bonchev–Trinajstić information content (AvgIpc) is 2.72. The zero-order valence-electron chi connectivity index (χ0n) is 11.1. The highest BCUT2D eigenvalue weighted by Gasteiger charge is 2.33. The Morgan fingerprint density at radius 3 is 2.63 bits per heavy atom. The van der Waals surface area contributed by atoms with Gasteiger partial charge in [-0.1, -0.05) is 26.0 Å². The van der Waals surface area contributed by atoms with Gasteiger partial charge >= 0.3 is 0 Å². The van der Waals surface area contributed by atoms with E-state index in [4.69, 9.17) is 0 Å². The van der Waals surface area contributed by atoms with Gasteiger partial charge in [0.1, 0.15) is 0 Å². The van der Waals surface area contributed by atoms with Gasteiger partial charge in [-0.25, -0.2) is 0 Å². The summed E-state index contributed by atoms with van der Waals surface area (Å²) in [6.45, 7) is 4.32. The molecule has 1 heterocycles. The van der Waals surface area contributed by atoms with E-state index in [0.29, 0.717) is 6.42 Å². The molecule has 0 bridgehead atoms. The number of benzene rings is 1. The van der Waals surface area contributed by atoms with Crippen molar-refractivity contribution in [2.24, 2.45) is 5.41 Å². The lowest BCUT2D eigenvalue weighted by Crippen LogP contribution is -2.27. The highest BCUT2D eigenvalue weighted by atomic mass is 79.9. The lowest BCUT2D eigenvalue weighted by molar-refractivity contribution is 0.0911. The van der Waals surface area contributed by atoms with Crippen LogP contribution in [-0.2, 0) is 6.42 Å². The molecule has 0 spiro atoms. The van der Waals surface area contributed by atoms with Gasteiger partial charge in [-0.15, -0.1) is 0 Å². The Hall–Kier alpha value is -1.35. The lowest BCUT2D eigenvalue weighted by Gasteiger charge is -2.29. The quantitative estimate of drug-likeness (QED) is 0.764. The first kappa shape index (κ1) is 12.7. The van der Waals surface area contributed by atoms with Crippen LogP contribution in [-0.4, -0.2) is 10.4 Å². The van der Waals surface area contributed by atoms with Crippen LogP contribution in [0.2, 0.25) is 0 Å². The molecule has 2 aromatic rings. The molecule has 0 amide bonds. The molecule has 0 saturated heterocycles. The number of ketones is 1. The van der Waals surface area contributed by atoms with Crippen LogP contribution in [0.4, 0.5) is 0 Å². The van der Waals surface area contributed by atoms with Crippen LogP contribution in [0.5, 0.6) is 0 Å². The number of fused-ring (bicyclic) bond motifs is 1. The maximum Gasteiger partial charge on any atom is 0.165 e. The molecule has 1 aromatic carbocycles. The summed E-state index contributed by atoms with van der Waals surface area (Å²) in [4.78, 5) is 12.2. The molecule has 1 aliphatic carbocycles. The van der Waals surface area contributed by atoms with Gasteiger partial charge in [-0.3, -0.25) is 4.79 Å². The van der Waals surface area contributed by atoms with E-state index < -0.39 is 0 Å². The summed E-state index contributed by atoms with van der Waals surface area (Å²) in [5.41, 5.74) is 3.15. The van der Waals surface area contributed by atoms with Crippen molar-refractivity contribution in [1.29, 1.82) is 0 Å². The molecule has 1 aliphatic rings. The van der Waals surface area contributed by atoms with E-state index in [1.165, 1.54) is 0 Å². The van der Waals surface area contributed by atoms with E-state index in [9.17, 15) is 4.79 Å². The second kappa shape index (κ2) is 4.34. The van der Waals surface area contributed by atoms with Crippen molar-refractivity contribution >= 4 is 21.7 Å². The van der Waals surface area contributed by atoms with E-state index in [0.717, 1.165) is 27.8 Å². The molecular weight excluding hydrogens is 302 g/mol. The summed E-state index contributed by atoms with van der Waals surface area (Å²) in [6.07, 6.45) is 3.58. The first-order valence-corrected chi connectivity index (χ1v) is 7.26. The Bertz CT molecular complexity index is 655. The Balaban J connectivity index is 2.17. The zero-order chi connectivity index (χ0) is 13.6. The topological polar surface area (TPSA) is 22.0 Å². The number of nitrogens with zero attached hydrogens (tertiary/aromatic N) is 1. The SMILES string of the molecule is CC1(C)CC(=O)c2ccn(-c3ccccc3Br)c2C1. The smallest absolute Gasteiger partial charge is 0.165 e. The third-order valence-electron chi connectivity index (χ3n) is 3.69. The van der Waals surface area contributed by atoms with Crippen LogP contribution in [0.15, 0.2) is 41.0 Å². The van der Waals surface area contributed by atoms with Crippen molar-refractivity contribution in [1.82, 2.24) is 4.57 Å². The fourth-order valence-corrected chi connectivity index (χ4v) is 3.29. The van der Waals surface area contributed by atoms with Crippen molar-refractivity contribution in [3.8, 4) is 5.69 Å². The average molecular weight is 318 g/mol. The van der Waals surface area contributed by atoms with Gasteiger partial charge in [-0.2, -0.15) is 0 Å². The lowest BCUT2D eigenvalue weighted by atomic mass is 9.76. The Labute approximate surface area is 121 Å². The van der Waals surface area contributed by atoms with Gasteiger partial charge in [0.15, 0.2) is 5.78 Å². The Morgan fingerprint density at radius 2 is 1.89 bits per heavy atom. The maximum atomic E-state index is 12.2. The third kappa shape index (κ3) is 2.16. The summed E-state index contributed by atoms with van der Waals surface area (Å²) in [5, 5.41) is 0. The fraction of sp³-hybridized carbons (Fsp3) is 0.312. The molecule has 0 fully saturated rings. The third-order valence-corrected chi connectivity index (χ3v) is 4.36. The second-order valence-corrected chi connectivity index (χ2v) is 6.79. The van der Waals surface area contributed by atoms with E-state index >= 15 is 0 Å². The van der Waals surface area contributed by atoms with E-state index in [1.807, 2.05) is 30.5 Å². The number of rotatable bonds is 1. The van der Waals surface area contributed by atoms with Crippen molar-refractivity contribution in [3.05, 3.63) is 52.3 Å². The second-order valence-electron chi connectivity index (χ2n) is 5.94. The zero-order valence-corrected chi connectivity index (χ0v) is 12.7. The van der Waals surface area contributed by atoms with E-state index in [-0.39, 0.29) is 11.2 Å². The predicted molar refractivity (Wildman–Crippen MR) is 79.9 cm³/mol. The number of para-hydroxylation sites is 1. The van der Waals surface area contributed by atoms with Gasteiger partial charge in [-0.05, 0) is 46.0 Å². The molecule has 0 saturated carbocycles. The monoisotopic (exact) mass is 317 g/mol. The van der Waals surface area contributed by atoms with Crippen LogP contribution in [0.25, 0.3) is 5.69 Å². The summed E-state index contributed by atoms with van der Waals surface area (Å²) in [7, 11) is 0. The molecule has 2 nitrogen and oxygen atoms in total. The van der Waals surface area contributed by atoms with E-state index in [1.54, 1.807) is 0 Å². The molecular formula is C16H16BrNO. The fourth-order valence-electron chi connectivity index (χ4n) is 2.82. The summed E-state index contributed by atoms with van der Waals surface area (Å²) >= 11 is 3.58. The number of hydrogen-bond acceptors (Lipinski definition) is 1. The van der Waals surface area contributed by atoms with Crippen LogP contribution in [0.1, 0.15) is 36.3 Å². The first-order valence-electron chi connectivity index (χ1n) is 6.46. The molecule has 0 atom stereocenters. The van der Waals surface area contributed by atoms with Gasteiger partial charge in [0.25, 0.3) is 0 Å². The highest BCUT2D eigenvalue weighted by Crippen LogP contribution is 2.37. The summed E-state index contributed by atoms with van der Waals surface area (Å²) in [6, 6.07) is 10.1. The highest BCUT2D eigenvalue weighted by molar-refractivity contribution is 9.10. The number of carbonyl (C=O) groups is 1. The van der Waals surface area contributed by atoms with Crippen molar-refractivity contribution in [2.45, 2.75) is 26.7 Å². The number of aromatic nitrogens is 1. The van der Waals surface area contributed by atoms with Gasteiger partial charge in [0, 0.05) is 28.3 Å². The maximum absolute atomic E-state index is 12.2. The largest absolute Gasteiger partial charge is 0.319 e. The van der Waals surface area contributed by atoms with Crippen molar-refractivity contribution in [3.63, 3.8) is 0 Å². The predicted octanol–water partition coefficient (Wildman–Crippen LogP) is 4.39. The molecule has 1 aromatic heterocycles. The van der Waals surface area contributed by atoms with Crippen molar-refractivity contribution < 1.29 is 4.79 Å². The summed E-state index contributed by atoms with van der Waals surface area (Å²) in [5.74, 6) is 0.261. The number of carbonyl (C=O) groups excluding carboxylic acids is 1. The minimum Gasteiger partial charge on any atom is -0.319 e. The van der Waals surface area contributed by atoms with Crippen LogP contribution in [0, 0.1) is 5.41 Å². The molecule has 0 unspecified atom stereocenters. The molecule has 98 valence electrons. The first-order chi connectivity index (χ1) is 8.98. The number of Topliss-reactive ketones (excluding diaryl/α,β-unsaturated/α-hetero) is 1. The minimum absolute atomic E-state index is 0.0431. The van der Waals surface area contributed by atoms with E-state index in [2.05, 4.69) is 40.4 Å². The Morgan fingerprint density at radius 1 is 1.16 bits per heavy atom. The number of hydrogen-bond donors (Lipinski definition) is 0. The standard InChI is InChI=1S/C16H16BrNO/c1-16(2)9-14-11(15(19)10-16)7-8-18(14)13-6-4-3-5-12(13)17/h3-8H,9-10H2,1-2H3. The normalized spacial score (nSPS) is 17.3. The molecule has 0 radical (unpaired) electrons. The molecule has 3 rings (SSSR count). The van der Waals surface area contributed by atoms with Gasteiger partial charge < -0.3 is 4.57 Å². The van der Waals surface area contributed by atoms with Crippen LogP contribution in [0.3, 0.4) is 0 Å². The molecule has 0 N–H and O–H groups in total. The summed E-state index contributed by atoms with van der Waals surface area (Å²) < 4.78 is 3.18. The molecule has 3 heteroatoms. The number of halogens is 1. The van der Waals surface area contributed by atoms with Gasteiger partial charge in [0.05, 0.1) is 5.69 Å². The van der Waals surface area contributed by atoms with Crippen LogP contribution >= 0.6 is 15.9 Å². The molecule has 19 heavy (non-hydrogen) atoms. The van der Waals surface area contributed by atoms with Crippen molar-refractivity contribution in [2.75, 3.05) is 0 Å². The Kier molecular flexibility index (Phi) is 2.90. The minimum atomic E-state index is 0.0431. The molecule has 0 aliphatic heterocycles. The van der Waals surface area contributed by atoms with Crippen LogP contribution < -0.4 is 0 Å². The van der Waals surface area contributed by atoms with Gasteiger partial charge in [0.2, 0.25) is 0 Å².